The Labute approximate surface area is 127 Å². The highest BCUT2D eigenvalue weighted by Gasteiger charge is 2.33. The van der Waals surface area contributed by atoms with Crippen molar-refractivity contribution in [2.45, 2.75) is 36.4 Å². The molecule has 1 heterocycles. The van der Waals surface area contributed by atoms with E-state index >= 15 is 0 Å². The normalized spacial score (nSPS) is 14.4. The van der Waals surface area contributed by atoms with Crippen molar-refractivity contribution in [1.29, 1.82) is 0 Å². The highest BCUT2D eigenvalue weighted by atomic mass is 32.2. The fourth-order valence-electron chi connectivity index (χ4n) is 1.72. The first-order valence-corrected chi connectivity index (χ1v) is 8.65. The lowest BCUT2D eigenvalue weighted by Crippen LogP contribution is -2.54. The van der Waals surface area contributed by atoms with Crippen LogP contribution >= 0.6 is 11.3 Å². The van der Waals surface area contributed by atoms with Crippen LogP contribution in [0.15, 0.2) is 21.7 Å². The molecule has 0 aromatic carbocycles. The third-order valence-corrected chi connectivity index (χ3v) is 5.62. The number of sulfonamides is 1. The van der Waals surface area contributed by atoms with Crippen LogP contribution in [0.2, 0.25) is 0 Å². The first-order valence-electron chi connectivity index (χ1n) is 6.29. The number of carboxylic acid groups (broad SMARTS) is 1. The van der Waals surface area contributed by atoms with Crippen LogP contribution in [-0.4, -0.2) is 37.5 Å². The molecular weight excluding hydrogens is 316 g/mol. The van der Waals surface area contributed by atoms with Crippen LogP contribution in [0.5, 0.6) is 0 Å². The largest absolute Gasteiger partial charge is 0.480 e. The lowest BCUT2D eigenvalue weighted by molar-refractivity contribution is -0.147. The minimum atomic E-state index is -3.74. The maximum Gasteiger partial charge on any atom is 0.329 e. The first kappa shape index (κ1) is 17.6. The standard InChI is InChI=1S/C12H18N2O5S2/c1-3-6-12(2,11(16)17)14-9(15)8-13-21(18,19)10-5-4-7-20-10/h4-5,7,13H,3,6,8H2,1-2H3,(H,14,15)(H,16,17). The molecule has 0 fully saturated rings. The molecule has 0 saturated heterocycles. The Balaban J connectivity index is 2.64. The van der Waals surface area contributed by atoms with Crippen molar-refractivity contribution < 1.29 is 23.1 Å². The zero-order valence-electron chi connectivity index (χ0n) is 11.8. The van der Waals surface area contributed by atoms with Crippen LogP contribution in [0.1, 0.15) is 26.7 Å². The molecule has 7 nitrogen and oxygen atoms in total. The van der Waals surface area contributed by atoms with Crippen LogP contribution < -0.4 is 10.0 Å². The molecule has 0 aliphatic carbocycles. The summed E-state index contributed by atoms with van der Waals surface area (Å²) in [6.07, 6.45) is 0.829. The third-order valence-electron chi connectivity index (χ3n) is 2.82. The summed E-state index contributed by atoms with van der Waals surface area (Å²) in [6, 6.07) is 3.01. The molecule has 0 aliphatic heterocycles. The fraction of sp³-hybridized carbons (Fsp3) is 0.500. The van der Waals surface area contributed by atoms with E-state index in [2.05, 4.69) is 10.0 Å². The average molecular weight is 334 g/mol. The van der Waals surface area contributed by atoms with Gasteiger partial charge in [-0.15, -0.1) is 11.3 Å². The van der Waals surface area contributed by atoms with Gasteiger partial charge in [0.15, 0.2) is 0 Å². The van der Waals surface area contributed by atoms with Crippen LogP contribution in [0.4, 0.5) is 0 Å². The van der Waals surface area contributed by atoms with Crippen molar-refractivity contribution in [2.75, 3.05) is 6.54 Å². The molecule has 0 radical (unpaired) electrons. The number of carbonyl (C=O) groups excluding carboxylic acids is 1. The summed E-state index contributed by atoms with van der Waals surface area (Å²) in [6.45, 7) is 2.68. The number of carbonyl (C=O) groups is 2. The molecule has 0 aliphatic rings. The molecular formula is C12H18N2O5S2. The van der Waals surface area contributed by atoms with Crippen molar-refractivity contribution >= 4 is 33.2 Å². The Bertz CT molecular complexity index is 597. The summed E-state index contributed by atoms with van der Waals surface area (Å²) in [5.74, 6) is -1.84. The zero-order valence-corrected chi connectivity index (χ0v) is 13.4. The topological polar surface area (TPSA) is 113 Å². The molecule has 9 heteroatoms. The Hall–Kier alpha value is -1.45. The fourth-order valence-corrected chi connectivity index (χ4v) is 3.74. The molecule has 21 heavy (non-hydrogen) atoms. The van der Waals surface area contributed by atoms with Gasteiger partial charge in [-0.2, -0.15) is 0 Å². The van der Waals surface area contributed by atoms with Crippen molar-refractivity contribution in [3.8, 4) is 0 Å². The quantitative estimate of drug-likeness (QED) is 0.650. The Morgan fingerprint density at radius 2 is 2.10 bits per heavy atom. The number of thiophene rings is 1. The van der Waals surface area contributed by atoms with E-state index in [1.165, 1.54) is 13.0 Å². The minimum absolute atomic E-state index is 0.102. The second kappa shape index (κ2) is 7.01. The van der Waals surface area contributed by atoms with E-state index in [1.807, 2.05) is 0 Å². The third kappa shape index (κ3) is 4.80. The van der Waals surface area contributed by atoms with Gasteiger partial charge in [-0.25, -0.2) is 17.9 Å². The number of carboxylic acids is 1. The van der Waals surface area contributed by atoms with Crippen molar-refractivity contribution in [3.05, 3.63) is 17.5 Å². The maximum atomic E-state index is 11.8. The smallest absolute Gasteiger partial charge is 0.329 e. The van der Waals surface area contributed by atoms with Gasteiger partial charge < -0.3 is 10.4 Å². The number of aliphatic carboxylic acids is 1. The van der Waals surface area contributed by atoms with E-state index in [0.29, 0.717) is 6.42 Å². The van der Waals surface area contributed by atoms with E-state index < -0.39 is 34.0 Å². The number of nitrogens with one attached hydrogen (secondary N) is 2. The van der Waals surface area contributed by atoms with Crippen LogP contribution in [-0.2, 0) is 19.6 Å². The molecule has 1 unspecified atom stereocenters. The van der Waals surface area contributed by atoms with Gasteiger partial charge in [0.25, 0.3) is 10.0 Å². The highest BCUT2D eigenvalue weighted by Crippen LogP contribution is 2.15. The summed E-state index contributed by atoms with van der Waals surface area (Å²) >= 11 is 1.03. The second-order valence-electron chi connectivity index (χ2n) is 4.69. The van der Waals surface area contributed by atoms with Crippen molar-refractivity contribution in [2.24, 2.45) is 0 Å². The molecule has 1 aromatic heterocycles. The average Bonchev–Trinajstić information content (AvgIpc) is 2.91. The zero-order chi connectivity index (χ0) is 16.1. The Morgan fingerprint density at radius 1 is 1.43 bits per heavy atom. The number of hydrogen-bond donors (Lipinski definition) is 3. The van der Waals surface area contributed by atoms with Gasteiger partial charge in [0.1, 0.15) is 9.75 Å². The van der Waals surface area contributed by atoms with E-state index in [1.54, 1.807) is 18.4 Å². The summed E-state index contributed by atoms with van der Waals surface area (Å²) in [7, 11) is -3.74. The molecule has 1 rings (SSSR count). The molecule has 1 amide bonds. The summed E-state index contributed by atoms with van der Waals surface area (Å²) in [5, 5.41) is 13.1. The van der Waals surface area contributed by atoms with Gasteiger partial charge in [-0.3, -0.25) is 4.79 Å². The summed E-state index contributed by atoms with van der Waals surface area (Å²) < 4.78 is 25.9. The van der Waals surface area contributed by atoms with Crippen LogP contribution in [0.25, 0.3) is 0 Å². The van der Waals surface area contributed by atoms with Crippen molar-refractivity contribution in [1.82, 2.24) is 10.0 Å². The molecule has 1 aromatic rings. The van der Waals surface area contributed by atoms with Gasteiger partial charge in [0.05, 0.1) is 6.54 Å². The monoisotopic (exact) mass is 334 g/mol. The maximum absolute atomic E-state index is 11.8. The van der Waals surface area contributed by atoms with E-state index in [9.17, 15) is 18.0 Å². The van der Waals surface area contributed by atoms with Gasteiger partial charge in [-0.1, -0.05) is 19.4 Å². The first-order chi connectivity index (χ1) is 9.71. The lowest BCUT2D eigenvalue weighted by Gasteiger charge is -2.25. The number of rotatable bonds is 8. The van der Waals surface area contributed by atoms with E-state index in [0.717, 1.165) is 11.3 Å². The van der Waals surface area contributed by atoms with E-state index in [-0.39, 0.29) is 10.6 Å². The number of amides is 1. The molecule has 0 saturated carbocycles. The van der Waals surface area contributed by atoms with Gasteiger partial charge >= 0.3 is 5.97 Å². The van der Waals surface area contributed by atoms with Gasteiger partial charge in [-0.05, 0) is 24.8 Å². The van der Waals surface area contributed by atoms with Crippen LogP contribution in [0.3, 0.4) is 0 Å². The molecule has 1 atom stereocenters. The van der Waals surface area contributed by atoms with Gasteiger partial charge in [0, 0.05) is 0 Å². The van der Waals surface area contributed by atoms with Crippen LogP contribution in [0, 0.1) is 0 Å². The lowest BCUT2D eigenvalue weighted by atomic mass is 9.96. The second-order valence-corrected chi connectivity index (χ2v) is 7.63. The molecule has 118 valence electrons. The predicted molar refractivity (Wildman–Crippen MR) is 78.6 cm³/mol. The van der Waals surface area contributed by atoms with Crippen molar-refractivity contribution in [3.63, 3.8) is 0 Å². The Morgan fingerprint density at radius 3 is 2.57 bits per heavy atom. The van der Waals surface area contributed by atoms with E-state index in [4.69, 9.17) is 5.11 Å². The van der Waals surface area contributed by atoms with Gasteiger partial charge in [0.2, 0.25) is 5.91 Å². The molecule has 0 bridgehead atoms. The minimum Gasteiger partial charge on any atom is -0.480 e. The molecule has 0 spiro atoms. The SMILES string of the molecule is CCCC(C)(NC(=O)CNS(=O)(=O)c1cccs1)C(=O)O. The predicted octanol–water partition coefficient (Wildman–Crippen LogP) is 0.786. The number of hydrogen-bond acceptors (Lipinski definition) is 5. The molecule has 3 N–H and O–H groups in total. The Kier molecular flexibility index (Phi) is 5.87. The summed E-state index contributed by atoms with van der Waals surface area (Å²) in [5.41, 5.74) is -1.40. The summed E-state index contributed by atoms with van der Waals surface area (Å²) in [4.78, 5) is 22.9. The highest BCUT2D eigenvalue weighted by molar-refractivity contribution is 7.91.